The molecule has 1 aliphatic heterocycles. The van der Waals surface area contributed by atoms with Gasteiger partial charge in [0.05, 0.1) is 12.7 Å². The average Bonchev–Trinajstić information content (AvgIpc) is 2.65. The summed E-state index contributed by atoms with van der Waals surface area (Å²) >= 11 is 0. The predicted molar refractivity (Wildman–Crippen MR) is 57.1 cm³/mol. The van der Waals surface area contributed by atoms with Crippen LogP contribution in [0.5, 0.6) is 5.75 Å². The predicted octanol–water partition coefficient (Wildman–Crippen LogP) is 1.43. The largest absolute Gasteiger partial charge is 0.479 e. The van der Waals surface area contributed by atoms with Gasteiger partial charge in [-0.3, -0.25) is 0 Å². The van der Waals surface area contributed by atoms with E-state index in [1.165, 1.54) is 0 Å². The summed E-state index contributed by atoms with van der Waals surface area (Å²) in [6.07, 6.45) is -0.389. The number of carbonyl (C=O) groups is 1. The van der Waals surface area contributed by atoms with Crippen LogP contribution in [-0.4, -0.2) is 23.8 Å². The van der Waals surface area contributed by atoms with Crippen molar-refractivity contribution in [2.24, 2.45) is 0 Å². The molecule has 1 aromatic rings. The fourth-order valence-electron chi connectivity index (χ4n) is 1.57. The van der Waals surface area contributed by atoms with Gasteiger partial charge in [0, 0.05) is 6.42 Å². The molecular formula is C12H14O4. The lowest BCUT2D eigenvalue weighted by Crippen LogP contribution is -2.21. The van der Waals surface area contributed by atoms with E-state index in [0.717, 1.165) is 5.56 Å². The lowest BCUT2D eigenvalue weighted by atomic mass is 10.1. The Morgan fingerprint density at radius 2 is 2.12 bits per heavy atom. The van der Waals surface area contributed by atoms with Crippen LogP contribution in [0.2, 0.25) is 0 Å². The Labute approximate surface area is 93.8 Å². The van der Waals surface area contributed by atoms with Gasteiger partial charge in [-0.15, -0.1) is 0 Å². The van der Waals surface area contributed by atoms with Gasteiger partial charge in [-0.1, -0.05) is 12.1 Å². The molecule has 4 heteroatoms. The molecule has 0 amide bonds. The minimum atomic E-state index is -0.495. The van der Waals surface area contributed by atoms with Gasteiger partial charge in [-0.05, 0) is 24.6 Å². The highest BCUT2D eigenvalue weighted by Crippen LogP contribution is 2.20. The molecular weight excluding hydrogens is 208 g/mol. The van der Waals surface area contributed by atoms with E-state index in [2.05, 4.69) is 0 Å². The molecule has 16 heavy (non-hydrogen) atoms. The van der Waals surface area contributed by atoms with Crippen LogP contribution in [0.4, 0.5) is 0 Å². The Hall–Kier alpha value is -1.55. The van der Waals surface area contributed by atoms with Crippen molar-refractivity contribution >= 4 is 5.97 Å². The number of cyclic esters (lactones) is 1. The number of esters is 1. The van der Waals surface area contributed by atoms with Crippen LogP contribution >= 0.6 is 0 Å². The van der Waals surface area contributed by atoms with Gasteiger partial charge in [0.2, 0.25) is 0 Å². The third kappa shape index (κ3) is 2.33. The molecule has 1 aromatic carbocycles. The van der Waals surface area contributed by atoms with E-state index < -0.39 is 12.2 Å². The number of ether oxygens (including phenoxy) is 2. The minimum Gasteiger partial charge on any atom is -0.479 e. The van der Waals surface area contributed by atoms with Gasteiger partial charge in [0.15, 0.2) is 6.10 Å². The second-order valence-corrected chi connectivity index (χ2v) is 3.81. The van der Waals surface area contributed by atoms with E-state index >= 15 is 0 Å². The zero-order valence-electron chi connectivity index (χ0n) is 9.05. The molecule has 86 valence electrons. The van der Waals surface area contributed by atoms with Crippen molar-refractivity contribution in [2.75, 3.05) is 6.61 Å². The van der Waals surface area contributed by atoms with Crippen LogP contribution in [0.25, 0.3) is 0 Å². The molecule has 4 nitrogen and oxygen atoms in total. The first-order chi connectivity index (χ1) is 7.66. The van der Waals surface area contributed by atoms with Crippen LogP contribution in [0.3, 0.4) is 0 Å². The van der Waals surface area contributed by atoms with Crippen molar-refractivity contribution in [2.45, 2.75) is 25.6 Å². The quantitative estimate of drug-likeness (QED) is 0.786. The van der Waals surface area contributed by atoms with Gasteiger partial charge in [-0.2, -0.15) is 0 Å². The summed E-state index contributed by atoms with van der Waals surface area (Å²) in [6, 6.07) is 7.04. The maximum atomic E-state index is 11.2. The van der Waals surface area contributed by atoms with Crippen LogP contribution in [0, 0.1) is 0 Å². The molecule has 0 aliphatic carbocycles. The molecule has 1 aliphatic rings. The minimum absolute atomic E-state index is 0.306. The highest BCUT2D eigenvalue weighted by atomic mass is 16.6. The van der Waals surface area contributed by atoms with E-state index in [-0.39, 0.29) is 5.97 Å². The van der Waals surface area contributed by atoms with Crippen molar-refractivity contribution in [3.8, 4) is 5.75 Å². The number of aliphatic hydroxyl groups excluding tert-OH is 1. The molecule has 0 saturated carbocycles. The highest BCUT2D eigenvalue weighted by molar-refractivity contribution is 5.76. The van der Waals surface area contributed by atoms with Gasteiger partial charge in [-0.25, -0.2) is 4.79 Å². The zero-order valence-corrected chi connectivity index (χ0v) is 9.05. The monoisotopic (exact) mass is 222 g/mol. The third-order valence-electron chi connectivity index (χ3n) is 2.53. The normalized spacial score (nSPS) is 21.6. The molecule has 0 radical (unpaired) electrons. The van der Waals surface area contributed by atoms with Crippen LogP contribution in [0.15, 0.2) is 24.3 Å². The molecule has 2 unspecified atom stereocenters. The Kier molecular flexibility index (Phi) is 3.10. The van der Waals surface area contributed by atoms with Crippen LogP contribution in [0.1, 0.15) is 25.0 Å². The van der Waals surface area contributed by atoms with Crippen LogP contribution < -0.4 is 4.74 Å². The van der Waals surface area contributed by atoms with E-state index in [1.54, 1.807) is 31.2 Å². The second-order valence-electron chi connectivity index (χ2n) is 3.81. The second kappa shape index (κ2) is 4.53. The number of hydrogen-bond donors (Lipinski definition) is 1. The van der Waals surface area contributed by atoms with Gasteiger partial charge < -0.3 is 14.6 Å². The first-order valence-electron chi connectivity index (χ1n) is 5.28. The molecule has 0 bridgehead atoms. The van der Waals surface area contributed by atoms with Gasteiger partial charge in [0.1, 0.15) is 5.75 Å². The topological polar surface area (TPSA) is 55.8 Å². The van der Waals surface area contributed by atoms with Crippen molar-refractivity contribution in [1.29, 1.82) is 0 Å². The Morgan fingerprint density at radius 3 is 2.62 bits per heavy atom. The molecule has 2 rings (SSSR count). The molecule has 1 heterocycles. The highest BCUT2D eigenvalue weighted by Gasteiger charge is 2.28. The first-order valence-corrected chi connectivity index (χ1v) is 5.28. The first kappa shape index (κ1) is 11.0. The molecule has 1 fully saturated rings. The Balaban J connectivity index is 2.02. The number of benzene rings is 1. The third-order valence-corrected chi connectivity index (χ3v) is 2.53. The van der Waals surface area contributed by atoms with Gasteiger partial charge >= 0.3 is 5.97 Å². The van der Waals surface area contributed by atoms with E-state index in [0.29, 0.717) is 18.8 Å². The lowest BCUT2D eigenvalue weighted by molar-refractivity contribution is -0.143. The summed E-state index contributed by atoms with van der Waals surface area (Å²) in [7, 11) is 0. The Morgan fingerprint density at radius 1 is 1.44 bits per heavy atom. The smallest absolute Gasteiger partial charge is 0.347 e. The van der Waals surface area contributed by atoms with E-state index in [4.69, 9.17) is 9.47 Å². The molecule has 0 spiro atoms. The van der Waals surface area contributed by atoms with E-state index in [1.807, 2.05) is 0 Å². The maximum Gasteiger partial charge on any atom is 0.347 e. The summed E-state index contributed by atoms with van der Waals surface area (Å²) in [4.78, 5) is 11.2. The van der Waals surface area contributed by atoms with Crippen molar-refractivity contribution < 1.29 is 19.4 Å². The molecule has 1 N–H and O–H groups in total. The van der Waals surface area contributed by atoms with Crippen LogP contribution in [-0.2, 0) is 9.53 Å². The van der Waals surface area contributed by atoms with Crippen molar-refractivity contribution in [3.05, 3.63) is 29.8 Å². The van der Waals surface area contributed by atoms with Gasteiger partial charge in [0.25, 0.3) is 0 Å². The number of rotatable bonds is 3. The lowest BCUT2D eigenvalue weighted by Gasteiger charge is -2.11. The summed E-state index contributed by atoms with van der Waals surface area (Å²) in [6.45, 7) is 2.12. The standard InChI is InChI=1S/C12H14O4/c1-8(13)9-2-4-10(5-3-9)16-11-6-7-15-12(11)14/h2-5,8,11,13H,6-7H2,1H3. The maximum absolute atomic E-state index is 11.2. The number of carbonyl (C=O) groups excluding carboxylic acids is 1. The average molecular weight is 222 g/mol. The number of aliphatic hydroxyl groups is 1. The molecule has 2 atom stereocenters. The summed E-state index contributed by atoms with van der Waals surface area (Å²) < 4.78 is 10.3. The fraction of sp³-hybridized carbons (Fsp3) is 0.417. The molecule has 0 aromatic heterocycles. The Bertz CT molecular complexity index is 369. The number of hydrogen-bond acceptors (Lipinski definition) is 4. The SMILES string of the molecule is CC(O)c1ccc(OC2CCOC2=O)cc1. The summed E-state index contributed by atoms with van der Waals surface area (Å²) in [5.74, 6) is 0.313. The van der Waals surface area contributed by atoms with Crippen molar-refractivity contribution in [1.82, 2.24) is 0 Å². The zero-order chi connectivity index (χ0) is 11.5. The summed E-state index contributed by atoms with van der Waals surface area (Å²) in [5.41, 5.74) is 0.821. The fourth-order valence-corrected chi connectivity index (χ4v) is 1.57. The summed E-state index contributed by atoms with van der Waals surface area (Å²) in [5, 5.41) is 9.33. The molecule has 1 saturated heterocycles. The van der Waals surface area contributed by atoms with E-state index in [9.17, 15) is 9.90 Å². The van der Waals surface area contributed by atoms with Crippen molar-refractivity contribution in [3.63, 3.8) is 0 Å².